The van der Waals surface area contributed by atoms with Crippen molar-refractivity contribution in [3.8, 4) is 0 Å². The fraction of sp³-hybridized carbons (Fsp3) is 0.240. The quantitative estimate of drug-likeness (QED) is 0.458. The number of benzene rings is 3. The van der Waals surface area contributed by atoms with Crippen LogP contribution < -0.4 is 9.62 Å². The molecule has 166 valence electrons. The zero-order chi connectivity index (χ0) is 23.0. The Labute approximate surface area is 188 Å². The van der Waals surface area contributed by atoms with Gasteiger partial charge >= 0.3 is 0 Å². The lowest BCUT2D eigenvalue weighted by Crippen LogP contribution is -2.37. The first kappa shape index (κ1) is 21.9. The summed E-state index contributed by atoms with van der Waals surface area (Å²) in [6, 6.07) is 19.5. The normalized spacial score (nSPS) is 11.8. The van der Waals surface area contributed by atoms with Crippen LogP contribution in [0.15, 0.2) is 60.7 Å². The van der Waals surface area contributed by atoms with Gasteiger partial charge in [0.1, 0.15) is 6.54 Å². The van der Waals surface area contributed by atoms with Gasteiger partial charge in [0.2, 0.25) is 15.9 Å². The van der Waals surface area contributed by atoms with E-state index in [2.05, 4.69) is 28.9 Å². The fourth-order valence-corrected chi connectivity index (χ4v) is 5.18. The molecular formula is C25H27N3O3S. The maximum Gasteiger partial charge on any atom is 0.245 e. The van der Waals surface area contributed by atoms with Crippen LogP contribution in [0.1, 0.15) is 18.1 Å². The van der Waals surface area contributed by atoms with Crippen molar-refractivity contribution in [3.63, 3.8) is 0 Å². The highest BCUT2D eigenvalue weighted by Gasteiger charge is 2.22. The molecule has 32 heavy (non-hydrogen) atoms. The summed E-state index contributed by atoms with van der Waals surface area (Å²) in [4.78, 5) is 12.9. The number of para-hydroxylation sites is 1. The number of hydrogen-bond acceptors (Lipinski definition) is 3. The number of aryl methyl sites for hydroxylation is 3. The van der Waals surface area contributed by atoms with Crippen molar-refractivity contribution < 1.29 is 13.2 Å². The van der Waals surface area contributed by atoms with Gasteiger partial charge in [-0.25, -0.2) is 8.42 Å². The van der Waals surface area contributed by atoms with Crippen LogP contribution in [0.2, 0.25) is 0 Å². The average molecular weight is 450 g/mol. The van der Waals surface area contributed by atoms with Gasteiger partial charge in [0, 0.05) is 34.0 Å². The third-order valence-electron chi connectivity index (χ3n) is 5.68. The first-order valence-electron chi connectivity index (χ1n) is 10.5. The molecule has 1 aromatic heterocycles. The van der Waals surface area contributed by atoms with Crippen LogP contribution in [-0.4, -0.2) is 31.7 Å². The van der Waals surface area contributed by atoms with E-state index in [0.29, 0.717) is 11.4 Å². The summed E-state index contributed by atoms with van der Waals surface area (Å²) in [6.07, 6.45) is 1.12. The molecular weight excluding hydrogens is 422 g/mol. The van der Waals surface area contributed by atoms with E-state index in [1.54, 1.807) is 6.07 Å². The van der Waals surface area contributed by atoms with Crippen LogP contribution in [0.25, 0.3) is 21.8 Å². The molecule has 0 bridgehead atoms. The van der Waals surface area contributed by atoms with Gasteiger partial charge in [-0.2, -0.15) is 0 Å². The smallest absolute Gasteiger partial charge is 0.245 e. The molecule has 0 aliphatic carbocycles. The Kier molecular flexibility index (Phi) is 5.69. The van der Waals surface area contributed by atoms with Gasteiger partial charge in [-0.05, 0) is 56.7 Å². The van der Waals surface area contributed by atoms with Crippen molar-refractivity contribution in [2.45, 2.75) is 27.3 Å². The Bertz CT molecular complexity index is 1440. The van der Waals surface area contributed by atoms with Crippen molar-refractivity contribution in [2.75, 3.05) is 22.4 Å². The maximum absolute atomic E-state index is 12.9. The summed E-state index contributed by atoms with van der Waals surface area (Å²) in [5, 5.41) is 5.04. The number of anilines is 2. The molecule has 7 heteroatoms. The van der Waals surface area contributed by atoms with E-state index in [-0.39, 0.29) is 6.54 Å². The molecule has 0 aliphatic rings. The number of carbonyl (C=O) groups excluding carboxylic acids is 1. The fourth-order valence-electron chi connectivity index (χ4n) is 4.27. The lowest BCUT2D eigenvalue weighted by Gasteiger charge is -2.24. The number of fused-ring (bicyclic) bond motifs is 3. The Morgan fingerprint density at radius 3 is 2.38 bits per heavy atom. The second-order valence-corrected chi connectivity index (χ2v) is 10.0. The monoisotopic (exact) mass is 449 g/mol. The SMILES string of the molecule is CCn1c2ccccc2c2cc(NC(=O)CN(c3ccc(C)cc3C)S(C)(=O)=O)ccc21. The van der Waals surface area contributed by atoms with E-state index in [1.165, 1.54) is 0 Å². The zero-order valence-corrected chi connectivity index (χ0v) is 19.5. The highest BCUT2D eigenvalue weighted by Crippen LogP contribution is 2.31. The minimum atomic E-state index is -3.64. The highest BCUT2D eigenvalue weighted by atomic mass is 32.2. The third kappa shape index (κ3) is 4.08. The Morgan fingerprint density at radius 2 is 1.69 bits per heavy atom. The van der Waals surface area contributed by atoms with Crippen molar-refractivity contribution in [1.29, 1.82) is 0 Å². The number of hydrogen-bond donors (Lipinski definition) is 1. The topological polar surface area (TPSA) is 71.4 Å². The van der Waals surface area contributed by atoms with Crippen LogP contribution in [-0.2, 0) is 21.4 Å². The molecule has 0 radical (unpaired) electrons. The number of nitrogens with zero attached hydrogens (tertiary/aromatic N) is 2. The molecule has 1 heterocycles. The molecule has 0 fully saturated rings. The summed E-state index contributed by atoms with van der Waals surface area (Å²) in [5.41, 5.74) is 5.22. The number of rotatable bonds is 6. The van der Waals surface area contributed by atoms with E-state index in [0.717, 1.165) is 50.0 Å². The maximum atomic E-state index is 12.9. The highest BCUT2D eigenvalue weighted by molar-refractivity contribution is 7.92. The number of amides is 1. The third-order valence-corrected chi connectivity index (χ3v) is 6.81. The van der Waals surface area contributed by atoms with E-state index < -0.39 is 15.9 Å². The molecule has 0 spiro atoms. The molecule has 4 rings (SSSR count). The molecule has 1 amide bonds. The molecule has 3 aromatic carbocycles. The summed E-state index contributed by atoms with van der Waals surface area (Å²) < 4.78 is 28.3. The van der Waals surface area contributed by atoms with E-state index in [1.807, 2.05) is 56.3 Å². The van der Waals surface area contributed by atoms with Gasteiger partial charge in [0.15, 0.2) is 0 Å². The summed E-state index contributed by atoms with van der Waals surface area (Å²) >= 11 is 0. The largest absolute Gasteiger partial charge is 0.341 e. The molecule has 0 unspecified atom stereocenters. The number of nitrogens with one attached hydrogen (secondary N) is 1. The van der Waals surface area contributed by atoms with Gasteiger partial charge in [-0.1, -0.05) is 35.9 Å². The Balaban J connectivity index is 1.65. The molecule has 1 N–H and O–H groups in total. The van der Waals surface area contributed by atoms with Crippen molar-refractivity contribution >= 4 is 49.1 Å². The second kappa shape index (κ2) is 8.31. The molecule has 4 aromatic rings. The predicted molar refractivity (Wildman–Crippen MR) is 132 cm³/mol. The Hall–Kier alpha value is -3.32. The lowest BCUT2D eigenvalue weighted by atomic mass is 10.1. The van der Waals surface area contributed by atoms with Crippen molar-refractivity contribution in [2.24, 2.45) is 0 Å². The van der Waals surface area contributed by atoms with Gasteiger partial charge in [0.05, 0.1) is 11.9 Å². The van der Waals surface area contributed by atoms with Gasteiger partial charge in [0.25, 0.3) is 0 Å². The molecule has 0 atom stereocenters. The first-order chi connectivity index (χ1) is 15.2. The lowest BCUT2D eigenvalue weighted by molar-refractivity contribution is -0.114. The second-order valence-electron chi connectivity index (χ2n) is 8.10. The Morgan fingerprint density at radius 1 is 0.969 bits per heavy atom. The molecule has 0 saturated carbocycles. The van der Waals surface area contributed by atoms with Gasteiger partial charge in [-0.15, -0.1) is 0 Å². The van der Waals surface area contributed by atoms with Crippen molar-refractivity contribution in [3.05, 3.63) is 71.8 Å². The predicted octanol–water partition coefficient (Wildman–Crippen LogP) is 4.84. The molecule has 0 saturated heterocycles. The van der Waals surface area contributed by atoms with Crippen LogP contribution in [0.5, 0.6) is 0 Å². The van der Waals surface area contributed by atoms with E-state index in [9.17, 15) is 13.2 Å². The molecule has 6 nitrogen and oxygen atoms in total. The number of carbonyl (C=O) groups is 1. The van der Waals surface area contributed by atoms with E-state index in [4.69, 9.17) is 0 Å². The van der Waals surface area contributed by atoms with Crippen LogP contribution >= 0.6 is 0 Å². The van der Waals surface area contributed by atoms with Gasteiger partial charge < -0.3 is 9.88 Å². The standard InChI is InChI=1S/C25H27N3O3S/c1-5-27-23-9-7-6-8-20(23)21-15-19(11-13-24(21)27)26-25(29)16-28(32(4,30)31)22-12-10-17(2)14-18(22)3/h6-15H,5,16H2,1-4H3,(H,26,29). The summed E-state index contributed by atoms with van der Waals surface area (Å²) in [7, 11) is -3.64. The van der Waals surface area contributed by atoms with Crippen molar-refractivity contribution in [1.82, 2.24) is 4.57 Å². The van der Waals surface area contributed by atoms with Crippen LogP contribution in [0.4, 0.5) is 11.4 Å². The summed E-state index contributed by atoms with van der Waals surface area (Å²) in [5.74, 6) is -0.394. The summed E-state index contributed by atoms with van der Waals surface area (Å²) in [6.45, 7) is 6.44. The first-order valence-corrected chi connectivity index (χ1v) is 12.4. The minimum Gasteiger partial charge on any atom is -0.341 e. The average Bonchev–Trinajstić information content (AvgIpc) is 3.05. The minimum absolute atomic E-state index is 0.294. The zero-order valence-electron chi connectivity index (χ0n) is 18.7. The number of aromatic nitrogens is 1. The van der Waals surface area contributed by atoms with Gasteiger partial charge in [-0.3, -0.25) is 9.10 Å². The van der Waals surface area contributed by atoms with Crippen LogP contribution in [0, 0.1) is 13.8 Å². The van der Waals surface area contributed by atoms with E-state index >= 15 is 0 Å². The van der Waals surface area contributed by atoms with Crippen LogP contribution in [0.3, 0.4) is 0 Å². The number of sulfonamides is 1. The molecule has 0 aliphatic heterocycles.